The van der Waals surface area contributed by atoms with E-state index in [2.05, 4.69) is 10.6 Å². The number of esters is 1. The lowest BCUT2D eigenvalue weighted by molar-refractivity contribution is -0.150. The van der Waals surface area contributed by atoms with Crippen LogP contribution in [0.2, 0.25) is 5.02 Å². The van der Waals surface area contributed by atoms with Gasteiger partial charge in [0.2, 0.25) is 0 Å². The molecule has 7 heteroatoms. The van der Waals surface area contributed by atoms with Gasteiger partial charge in [0.05, 0.1) is 5.92 Å². The van der Waals surface area contributed by atoms with Crippen molar-refractivity contribution in [3.8, 4) is 0 Å². The molecule has 6 nitrogen and oxygen atoms in total. The van der Waals surface area contributed by atoms with E-state index >= 15 is 0 Å². The minimum atomic E-state index is -0.686. The lowest BCUT2D eigenvalue weighted by Gasteiger charge is -2.21. The quantitative estimate of drug-likeness (QED) is 0.781. The van der Waals surface area contributed by atoms with E-state index in [9.17, 15) is 14.4 Å². The molecule has 0 aliphatic rings. The van der Waals surface area contributed by atoms with Gasteiger partial charge in [-0.15, -0.1) is 0 Å². The van der Waals surface area contributed by atoms with Crippen molar-refractivity contribution >= 4 is 29.5 Å². The van der Waals surface area contributed by atoms with Gasteiger partial charge in [0, 0.05) is 10.6 Å². The average molecular weight is 369 g/mol. The van der Waals surface area contributed by atoms with Crippen LogP contribution in [0.3, 0.4) is 0 Å². The molecular weight excluding hydrogens is 344 g/mol. The van der Waals surface area contributed by atoms with Crippen LogP contribution in [0.5, 0.6) is 0 Å². The number of carbonyl (C=O) groups excluding carboxylic acids is 3. The van der Waals surface area contributed by atoms with Gasteiger partial charge in [0.1, 0.15) is 0 Å². The molecule has 138 valence electrons. The summed E-state index contributed by atoms with van der Waals surface area (Å²) in [5, 5.41) is 5.28. The Balaban J connectivity index is 2.62. The lowest BCUT2D eigenvalue weighted by atomic mass is 9.88. The Hall–Kier alpha value is -2.08. The number of rotatable bonds is 5. The maximum atomic E-state index is 12.4. The van der Waals surface area contributed by atoms with Crippen LogP contribution >= 0.6 is 11.6 Å². The fraction of sp³-hybridized carbons (Fsp3) is 0.500. The zero-order valence-corrected chi connectivity index (χ0v) is 15.9. The van der Waals surface area contributed by atoms with Gasteiger partial charge in [0.25, 0.3) is 5.91 Å². The number of urea groups is 1. The molecule has 0 aromatic heterocycles. The highest BCUT2D eigenvalue weighted by Gasteiger charge is 2.26. The topological polar surface area (TPSA) is 84.5 Å². The van der Waals surface area contributed by atoms with Crippen LogP contribution in [-0.4, -0.2) is 30.1 Å². The summed E-state index contributed by atoms with van der Waals surface area (Å²) >= 11 is 5.87. The molecule has 0 radical (unpaired) electrons. The van der Waals surface area contributed by atoms with Gasteiger partial charge < -0.3 is 10.1 Å². The molecule has 2 N–H and O–H groups in total. The maximum Gasteiger partial charge on any atom is 0.321 e. The van der Waals surface area contributed by atoms with Crippen molar-refractivity contribution in [3.05, 3.63) is 34.9 Å². The molecule has 0 saturated heterocycles. The van der Waals surface area contributed by atoms with E-state index in [-0.39, 0.29) is 5.92 Å². The summed E-state index contributed by atoms with van der Waals surface area (Å²) in [6.07, 6.45) is 0. The second-order valence-corrected chi connectivity index (χ2v) is 7.57. The Labute approximate surface area is 153 Å². The lowest BCUT2D eigenvalue weighted by Crippen LogP contribution is -2.49. The first-order valence-electron chi connectivity index (χ1n) is 8.03. The van der Waals surface area contributed by atoms with Gasteiger partial charge in [-0.2, -0.15) is 0 Å². The number of benzene rings is 1. The zero-order valence-electron chi connectivity index (χ0n) is 15.2. The van der Waals surface area contributed by atoms with Gasteiger partial charge in [-0.05, 0) is 44.4 Å². The second-order valence-electron chi connectivity index (χ2n) is 7.13. The van der Waals surface area contributed by atoms with Crippen molar-refractivity contribution in [1.82, 2.24) is 10.6 Å². The first-order valence-corrected chi connectivity index (χ1v) is 8.41. The third-order valence-electron chi connectivity index (χ3n) is 3.24. The van der Waals surface area contributed by atoms with Gasteiger partial charge in [0.15, 0.2) is 6.61 Å². The molecule has 0 aliphatic heterocycles. The molecule has 0 aliphatic carbocycles. The monoisotopic (exact) mass is 368 g/mol. The normalized spacial score (nSPS) is 12.4. The maximum absolute atomic E-state index is 12.4. The molecule has 0 saturated carbocycles. The summed E-state index contributed by atoms with van der Waals surface area (Å²) in [5.41, 5.74) is 0.286. The molecule has 0 fully saturated rings. The van der Waals surface area contributed by atoms with Crippen LogP contribution in [0.1, 0.15) is 46.1 Å². The number of imide groups is 1. The molecule has 1 rings (SSSR count). The third-order valence-corrected chi connectivity index (χ3v) is 3.49. The number of halogens is 1. The second kappa shape index (κ2) is 8.85. The Morgan fingerprint density at radius 2 is 1.68 bits per heavy atom. The number of amides is 3. The van der Waals surface area contributed by atoms with Gasteiger partial charge in [-0.3, -0.25) is 14.9 Å². The molecule has 1 atom stereocenters. The zero-order chi connectivity index (χ0) is 19.2. The number of nitrogens with one attached hydrogen (secondary N) is 2. The fourth-order valence-electron chi connectivity index (χ4n) is 2.22. The minimum absolute atomic E-state index is 0.0269. The Kier molecular flexibility index (Phi) is 7.42. The standard InChI is InChI=1S/C18H25ClN2O4/c1-11(2)15(12-6-8-13(19)9-7-12)16(23)25-10-14(22)20-17(24)21-18(3,4)5/h6-9,11,15H,10H2,1-5H3,(H2,20,21,22,24)/t15-/m0/s1. The molecule has 1 aromatic rings. The van der Waals surface area contributed by atoms with E-state index in [1.165, 1.54) is 0 Å². The predicted octanol–water partition coefficient (Wildman–Crippen LogP) is 3.25. The van der Waals surface area contributed by atoms with Crippen molar-refractivity contribution in [2.45, 2.75) is 46.1 Å². The number of carbonyl (C=O) groups is 3. The third kappa shape index (κ3) is 7.56. The van der Waals surface area contributed by atoms with Crippen molar-refractivity contribution in [3.63, 3.8) is 0 Å². The van der Waals surface area contributed by atoms with Crippen LogP contribution in [0.4, 0.5) is 4.79 Å². The summed E-state index contributed by atoms with van der Waals surface area (Å²) in [6, 6.07) is 6.27. The number of hydrogen-bond acceptors (Lipinski definition) is 4. The molecule has 0 unspecified atom stereocenters. The van der Waals surface area contributed by atoms with Crippen LogP contribution in [0.25, 0.3) is 0 Å². The van der Waals surface area contributed by atoms with E-state index in [4.69, 9.17) is 16.3 Å². The molecule has 0 heterocycles. The minimum Gasteiger partial charge on any atom is -0.455 e. The Morgan fingerprint density at radius 1 is 1.12 bits per heavy atom. The first kappa shape index (κ1) is 21.0. The van der Waals surface area contributed by atoms with Crippen LogP contribution in [0, 0.1) is 5.92 Å². The van der Waals surface area contributed by atoms with Crippen LogP contribution in [0.15, 0.2) is 24.3 Å². The largest absolute Gasteiger partial charge is 0.455 e. The van der Waals surface area contributed by atoms with Gasteiger partial charge in [-0.25, -0.2) is 4.79 Å². The molecular formula is C18H25ClN2O4. The number of ether oxygens (including phenoxy) is 1. The summed E-state index contributed by atoms with van der Waals surface area (Å²) < 4.78 is 5.08. The molecule has 3 amide bonds. The van der Waals surface area contributed by atoms with E-state index in [1.807, 2.05) is 13.8 Å². The van der Waals surface area contributed by atoms with Crippen molar-refractivity contribution < 1.29 is 19.1 Å². The highest BCUT2D eigenvalue weighted by Crippen LogP contribution is 2.27. The highest BCUT2D eigenvalue weighted by molar-refractivity contribution is 6.30. The van der Waals surface area contributed by atoms with Crippen molar-refractivity contribution in [1.29, 1.82) is 0 Å². The van der Waals surface area contributed by atoms with E-state index in [0.717, 1.165) is 5.56 Å². The van der Waals surface area contributed by atoms with E-state index in [0.29, 0.717) is 5.02 Å². The van der Waals surface area contributed by atoms with Gasteiger partial charge >= 0.3 is 12.0 Å². The molecule has 25 heavy (non-hydrogen) atoms. The van der Waals surface area contributed by atoms with Gasteiger partial charge in [-0.1, -0.05) is 37.6 Å². The summed E-state index contributed by atoms with van der Waals surface area (Å²) in [6.45, 7) is 8.62. The summed E-state index contributed by atoms with van der Waals surface area (Å²) in [5.74, 6) is -1.76. The average Bonchev–Trinajstić information content (AvgIpc) is 2.45. The smallest absolute Gasteiger partial charge is 0.321 e. The molecule has 0 spiro atoms. The summed E-state index contributed by atoms with van der Waals surface area (Å²) in [7, 11) is 0. The number of hydrogen-bond donors (Lipinski definition) is 2. The van der Waals surface area contributed by atoms with Crippen molar-refractivity contribution in [2.75, 3.05) is 6.61 Å². The van der Waals surface area contributed by atoms with E-state index < -0.39 is 36.0 Å². The van der Waals surface area contributed by atoms with Crippen molar-refractivity contribution in [2.24, 2.45) is 5.92 Å². The Morgan fingerprint density at radius 3 is 2.16 bits per heavy atom. The Bertz CT molecular complexity index is 621. The fourth-order valence-corrected chi connectivity index (χ4v) is 2.35. The molecule has 1 aromatic carbocycles. The summed E-state index contributed by atoms with van der Waals surface area (Å²) in [4.78, 5) is 35.7. The predicted molar refractivity (Wildman–Crippen MR) is 96.4 cm³/mol. The van der Waals surface area contributed by atoms with Crippen LogP contribution in [-0.2, 0) is 14.3 Å². The first-order chi connectivity index (χ1) is 11.5. The van der Waals surface area contributed by atoms with E-state index in [1.54, 1.807) is 45.0 Å². The molecule has 0 bridgehead atoms. The SMILES string of the molecule is CC(C)[C@H](C(=O)OCC(=O)NC(=O)NC(C)(C)C)c1ccc(Cl)cc1. The van der Waals surface area contributed by atoms with Crippen LogP contribution < -0.4 is 10.6 Å². The highest BCUT2D eigenvalue weighted by atomic mass is 35.5.